The van der Waals surface area contributed by atoms with Crippen LogP contribution in [0, 0.1) is 6.92 Å². The summed E-state index contributed by atoms with van der Waals surface area (Å²) in [5.41, 5.74) is 3.23. The maximum absolute atomic E-state index is 13.0. The van der Waals surface area contributed by atoms with Crippen LogP contribution in [0.4, 0.5) is 0 Å². The van der Waals surface area contributed by atoms with Gasteiger partial charge >= 0.3 is 0 Å². The number of amides is 1. The van der Waals surface area contributed by atoms with Gasteiger partial charge in [0.2, 0.25) is 5.91 Å². The van der Waals surface area contributed by atoms with E-state index in [1.54, 1.807) is 14.2 Å². The van der Waals surface area contributed by atoms with Crippen LogP contribution in [0.15, 0.2) is 42.5 Å². The summed E-state index contributed by atoms with van der Waals surface area (Å²) in [7, 11) is 3.30. The maximum atomic E-state index is 13.0. The van der Waals surface area contributed by atoms with Crippen LogP contribution in [0.1, 0.15) is 29.5 Å². The van der Waals surface area contributed by atoms with Gasteiger partial charge in [0.15, 0.2) is 0 Å². The Morgan fingerprint density at radius 3 is 2.48 bits per heavy atom. The van der Waals surface area contributed by atoms with Gasteiger partial charge in [0.05, 0.1) is 20.6 Å². The Kier molecular flexibility index (Phi) is 5.27. The quantitative estimate of drug-likeness (QED) is 0.771. The smallest absolute Gasteiger partial charge is 0.227 e. The van der Waals surface area contributed by atoms with Gasteiger partial charge in [-0.15, -0.1) is 0 Å². The van der Waals surface area contributed by atoms with Crippen molar-refractivity contribution in [2.45, 2.75) is 38.8 Å². The molecule has 1 fully saturated rings. The summed E-state index contributed by atoms with van der Waals surface area (Å²) in [6.07, 6.45) is 2.59. The number of nitrogens with zero attached hydrogens (tertiary/aromatic N) is 1. The van der Waals surface area contributed by atoms with Crippen LogP contribution in [0.2, 0.25) is 0 Å². The number of rotatable bonds is 7. The molecule has 0 radical (unpaired) electrons. The van der Waals surface area contributed by atoms with E-state index in [1.807, 2.05) is 41.3 Å². The third-order valence-electron chi connectivity index (χ3n) is 4.74. The molecule has 132 valence electrons. The summed E-state index contributed by atoms with van der Waals surface area (Å²) < 4.78 is 10.8. The average molecular weight is 339 g/mol. The summed E-state index contributed by atoms with van der Waals surface area (Å²) >= 11 is 0. The number of hydrogen-bond donors (Lipinski definition) is 0. The molecule has 0 spiro atoms. The fourth-order valence-electron chi connectivity index (χ4n) is 3.07. The second-order valence-electron chi connectivity index (χ2n) is 6.53. The van der Waals surface area contributed by atoms with Gasteiger partial charge in [0.25, 0.3) is 0 Å². The highest BCUT2D eigenvalue weighted by molar-refractivity contribution is 5.80. The molecule has 1 amide bonds. The lowest BCUT2D eigenvalue weighted by Gasteiger charge is -2.24. The van der Waals surface area contributed by atoms with Crippen LogP contribution in [0.5, 0.6) is 11.5 Å². The molecule has 0 bridgehead atoms. The molecule has 2 aromatic rings. The van der Waals surface area contributed by atoms with E-state index in [-0.39, 0.29) is 5.91 Å². The summed E-state index contributed by atoms with van der Waals surface area (Å²) in [6.45, 7) is 2.60. The van der Waals surface area contributed by atoms with E-state index in [0.717, 1.165) is 41.0 Å². The number of ether oxygens (including phenoxy) is 2. The van der Waals surface area contributed by atoms with Crippen LogP contribution in [-0.4, -0.2) is 31.1 Å². The van der Waals surface area contributed by atoms with E-state index in [1.165, 1.54) is 0 Å². The third-order valence-corrected chi connectivity index (χ3v) is 4.74. The zero-order valence-electron chi connectivity index (χ0n) is 15.1. The largest absolute Gasteiger partial charge is 0.497 e. The Labute approximate surface area is 149 Å². The zero-order valence-corrected chi connectivity index (χ0v) is 15.1. The van der Waals surface area contributed by atoms with Crippen molar-refractivity contribution in [3.63, 3.8) is 0 Å². The zero-order chi connectivity index (χ0) is 17.8. The summed E-state index contributed by atoms with van der Waals surface area (Å²) in [5.74, 6) is 1.73. The van der Waals surface area contributed by atoms with Gasteiger partial charge in [-0.3, -0.25) is 4.79 Å². The molecule has 1 aliphatic rings. The first-order valence-electron chi connectivity index (χ1n) is 8.67. The molecule has 4 heteroatoms. The topological polar surface area (TPSA) is 38.8 Å². The highest BCUT2D eigenvalue weighted by atomic mass is 16.5. The SMILES string of the molecule is COc1ccc(OC)c(CN(C(=O)Cc2ccccc2C)C2CC2)c1. The van der Waals surface area contributed by atoms with Crippen LogP contribution >= 0.6 is 0 Å². The molecule has 0 aliphatic heterocycles. The molecule has 1 saturated carbocycles. The minimum absolute atomic E-state index is 0.168. The predicted octanol–water partition coefficient (Wildman–Crippen LogP) is 3.75. The maximum Gasteiger partial charge on any atom is 0.227 e. The van der Waals surface area contributed by atoms with Crippen LogP contribution in [-0.2, 0) is 17.8 Å². The van der Waals surface area contributed by atoms with Crippen LogP contribution < -0.4 is 9.47 Å². The van der Waals surface area contributed by atoms with E-state index in [0.29, 0.717) is 19.0 Å². The molecule has 4 nitrogen and oxygen atoms in total. The van der Waals surface area contributed by atoms with Gasteiger partial charge in [0.1, 0.15) is 11.5 Å². The molecule has 0 heterocycles. The van der Waals surface area contributed by atoms with Crippen molar-refractivity contribution in [2.75, 3.05) is 14.2 Å². The monoisotopic (exact) mass is 339 g/mol. The van der Waals surface area contributed by atoms with Gasteiger partial charge in [-0.25, -0.2) is 0 Å². The number of aryl methyl sites for hydroxylation is 1. The predicted molar refractivity (Wildman–Crippen MR) is 98.0 cm³/mol. The number of carbonyl (C=O) groups is 1. The van der Waals surface area contributed by atoms with E-state index < -0.39 is 0 Å². The van der Waals surface area contributed by atoms with Gasteiger partial charge in [0, 0.05) is 18.2 Å². The van der Waals surface area contributed by atoms with Gasteiger partial charge in [-0.1, -0.05) is 24.3 Å². The Morgan fingerprint density at radius 1 is 1.08 bits per heavy atom. The van der Waals surface area contributed by atoms with Crippen LogP contribution in [0.25, 0.3) is 0 Å². The molecule has 0 aromatic heterocycles. The molecule has 2 aromatic carbocycles. The van der Waals surface area contributed by atoms with E-state index in [2.05, 4.69) is 13.0 Å². The van der Waals surface area contributed by atoms with Crippen molar-refractivity contribution in [1.29, 1.82) is 0 Å². The third kappa shape index (κ3) is 4.13. The lowest BCUT2D eigenvalue weighted by Crippen LogP contribution is -2.34. The molecule has 25 heavy (non-hydrogen) atoms. The minimum Gasteiger partial charge on any atom is -0.497 e. The van der Waals surface area contributed by atoms with Crippen molar-refractivity contribution in [3.8, 4) is 11.5 Å². The van der Waals surface area contributed by atoms with Crippen molar-refractivity contribution in [2.24, 2.45) is 0 Å². The lowest BCUT2D eigenvalue weighted by molar-refractivity contribution is -0.131. The van der Waals surface area contributed by atoms with Gasteiger partial charge in [-0.2, -0.15) is 0 Å². The van der Waals surface area contributed by atoms with Crippen molar-refractivity contribution in [3.05, 3.63) is 59.2 Å². The fourth-order valence-corrected chi connectivity index (χ4v) is 3.07. The van der Waals surface area contributed by atoms with Crippen molar-refractivity contribution in [1.82, 2.24) is 4.90 Å². The Balaban J connectivity index is 1.80. The number of methoxy groups -OCH3 is 2. The molecule has 1 aliphatic carbocycles. The van der Waals surface area contributed by atoms with Gasteiger partial charge in [-0.05, 0) is 49.1 Å². The first kappa shape index (κ1) is 17.3. The fraction of sp³-hybridized carbons (Fsp3) is 0.381. The first-order valence-corrected chi connectivity index (χ1v) is 8.67. The molecule has 3 rings (SSSR count). The van der Waals surface area contributed by atoms with Crippen LogP contribution in [0.3, 0.4) is 0 Å². The second kappa shape index (κ2) is 7.60. The Hall–Kier alpha value is -2.49. The standard InChI is InChI=1S/C21H25NO3/c1-15-6-4-5-7-16(15)13-21(23)22(18-8-9-18)14-17-12-19(24-2)10-11-20(17)25-3/h4-7,10-12,18H,8-9,13-14H2,1-3H3. The summed E-state index contributed by atoms with van der Waals surface area (Å²) in [4.78, 5) is 14.9. The highest BCUT2D eigenvalue weighted by Gasteiger charge is 2.33. The molecule has 0 atom stereocenters. The Morgan fingerprint density at radius 2 is 1.84 bits per heavy atom. The van der Waals surface area contributed by atoms with Gasteiger partial charge < -0.3 is 14.4 Å². The lowest BCUT2D eigenvalue weighted by atomic mass is 10.0. The summed E-state index contributed by atoms with van der Waals surface area (Å²) in [5, 5.41) is 0. The van der Waals surface area contributed by atoms with E-state index >= 15 is 0 Å². The molecule has 0 unspecified atom stereocenters. The van der Waals surface area contributed by atoms with Crippen molar-refractivity contribution >= 4 is 5.91 Å². The Bertz CT molecular complexity index is 753. The van der Waals surface area contributed by atoms with E-state index in [4.69, 9.17) is 9.47 Å². The average Bonchev–Trinajstić information content (AvgIpc) is 3.46. The molecule has 0 N–H and O–H groups in total. The molecular formula is C21H25NO3. The second-order valence-corrected chi connectivity index (χ2v) is 6.53. The molecular weight excluding hydrogens is 314 g/mol. The minimum atomic E-state index is 0.168. The highest BCUT2D eigenvalue weighted by Crippen LogP contribution is 2.32. The van der Waals surface area contributed by atoms with Crippen molar-refractivity contribution < 1.29 is 14.3 Å². The van der Waals surface area contributed by atoms with E-state index in [9.17, 15) is 4.79 Å². The number of hydrogen-bond acceptors (Lipinski definition) is 3. The normalized spacial score (nSPS) is 13.4. The number of benzene rings is 2. The summed E-state index contributed by atoms with van der Waals surface area (Å²) in [6, 6.07) is 14.1. The number of carbonyl (C=O) groups excluding carboxylic acids is 1. The first-order chi connectivity index (χ1) is 12.1. The molecule has 0 saturated heterocycles.